The first-order valence-corrected chi connectivity index (χ1v) is 11.2. The molecule has 3 rings (SSSR count). The molecule has 1 N–H and O–H groups in total. The first-order valence-electron chi connectivity index (χ1n) is 11.2. The number of carbonyl (C=O) groups excluding carboxylic acids is 3. The van der Waals surface area contributed by atoms with E-state index in [4.69, 9.17) is 0 Å². The number of hydrogen-bond donors (Lipinski definition) is 1. The van der Waals surface area contributed by atoms with Crippen LogP contribution in [0.25, 0.3) is 0 Å². The van der Waals surface area contributed by atoms with Crippen molar-refractivity contribution >= 4 is 23.5 Å². The molecule has 30 heavy (non-hydrogen) atoms. The van der Waals surface area contributed by atoms with E-state index in [1.54, 1.807) is 9.80 Å². The molecule has 0 aliphatic carbocycles. The third-order valence-corrected chi connectivity index (χ3v) is 6.13. The van der Waals surface area contributed by atoms with Crippen molar-refractivity contribution in [3.05, 3.63) is 29.8 Å². The molecule has 0 bridgehead atoms. The monoisotopic (exact) mass is 414 g/mol. The zero-order valence-corrected chi connectivity index (χ0v) is 18.2. The van der Waals surface area contributed by atoms with Crippen LogP contribution in [0.15, 0.2) is 24.3 Å². The van der Waals surface area contributed by atoms with Crippen molar-refractivity contribution in [3.63, 3.8) is 0 Å². The zero-order valence-electron chi connectivity index (χ0n) is 18.2. The average molecular weight is 415 g/mol. The number of likely N-dealkylation sites (tertiary alicyclic amines) is 2. The van der Waals surface area contributed by atoms with Gasteiger partial charge in [0.05, 0.1) is 12.3 Å². The fourth-order valence-electron chi connectivity index (χ4n) is 4.26. The summed E-state index contributed by atoms with van der Waals surface area (Å²) in [7, 11) is 0. The number of hydrogen-bond acceptors (Lipinski definition) is 3. The van der Waals surface area contributed by atoms with Gasteiger partial charge in [0.1, 0.15) is 0 Å². The summed E-state index contributed by atoms with van der Waals surface area (Å²) < 4.78 is 0. The number of benzene rings is 1. The van der Waals surface area contributed by atoms with Gasteiger partial charge in [-0.2, -0.15) is 0 Å². The second kappa shape index (κ2) is 10.5. The quantitative estimate of drug-likeness (QED) is 0.778. The van der Waals surface area contributed by atoms with Crippen molar-refractivity contribution in [1.82, 2.24) is 14.7 Å². The van der Waals surface area contributed by atoms with Gasteiger partial charge >= 0.3 is 6.03 Å². The van der Waals surface area contributed by atoms with Gasteiger partial charge in [0.25, 0.3) is 0 Å². The Morgan fingerprint density at radius 3 is 2.23 bits per heavy atom. The van der Waals surface area contributed by atoms with E-state index in [0.717, 1.165) is 50.0 Å². The molecule has 2 saturated heterocycles. The minimum Gasteiger partial charge on any atom is -0.342 e. The summed E-state index contributed by atoms with van der Waals surface area (Å²) in [5, 5.41) is 2.98. The average Bonchev–Trinajstić information content (AvgIpc) is 3.31. The lowest BCUT2D eigenvalue weighted by Gasteiger charge is -2.35. The van der Waals surface area contributed by atoms with Gasteiger partial charge in [0, 0.05) is 45.0 Å². The first kappa shape index (κ1) is 22.1. The van der Waals surface area contributed by atoms with Crippen LogP contribution in [0.2, 0.25) is 0 Å². The van der Waals surface area contributed by atoms with Crippen molar-refractivity contribution in [2.75, 3.05) is 44.6 Å². The number of anilines is 1. The Bertz CT molecular complexity index is 739. The fourth-order valence-corrected chi connectivity index (χ4v) is 4.26. The number of amides is 4. The minimum absolute atomic E-state index is 0.0181. The van der Waals surface area contributed by atoms with Gasteiger partial charge in [-0.25, -0.2) is 4.79 Å². The maximum Gasteiger partial charge on any atom is 0.320 e. The highest BCUT2D eigenvalue weighted by atomic mass is 16.2. The number of urea groups is 1. The molecular formula is C23H34N4O3. The smallest absolute Gasteiger partial charge is 0.320 e. The van der Waals surface area contributed by atoms with Gasteiger partial charge in [-0.15, -0.1) is 0 Å². The van der Waals surface area contributed by atoms with Gasteiger partial charge < -0.3 is 20.0 Å². The largest absolute Gasteiger partial charge is 0.342 e. The van der Waals surface area contributed by atoms with E-state index in [0.29, 0.717) is 32.6 Å². The van der Waals surface area contributed by atoms with Crippen molar-refractivity contribution in [2.45, 2.75) is 46.0 Å². The molecule has 164 valence electrons. The Labute approximate surface area is 179 Å². The summed E-state index contributed by atoms with van der Waals surface area (Å²) in [4.78, 5) is 43.2. The van der Waals surface area contributed by atoms with Gasteiger partial charge in [-0.3, -0.25) is 9.59 Å². The van der Waals surface area contributed by atoms with Crippen LogP contribution in [-0.2, 0) is 16.0 Å². The third kappa shape index (κ3) is 5.52. The van der Waals surface area contributed by atoms with Crippen molar-refractivity contribution in [1.29, 1.82) is 0 Å². The molecule has 7 heteroatoms. The predicted octanol–water partition coefficient (Wildman–Crippen LogP) is 2.96. The van der Waals surface area contributed by atoms with Crippen molar-refractivity contribution in [2.24, 2.45) is 5.92 Å². The topological polar surface area (TPSA) is 73.0 Å². The van der Waals surface area contributed by atoms with E-state index >= 15 is 0 Å². The molecule has 2 heterocycles. The molecule has 0 spiro atoms. The maximum atomic E-state index is 12.8. The molecule has 0 unspecified atom stereocenters. The van der Waals surface area contributed by atoms with Crippen LogP contribution in [0.4, 0.5) is 10.5 Å². The second-order valence-corrected chi connectivity index (χ2v) is 8.19. The number of nitrogens with one attached hydrogen (secondary N) is 1. The van der Waals surface area contributed by atoms with Gasteiger partial charge in [-0.05, 0) is 57.2 Å². The van der Waals surface area contributed by atoms with Crippen LogP contribution in [0.1, 0.15) is 45.1 Å². The molecule has 2 fully saturated rings. The molecule has 7 nitrogen and oxygen atoms in total. The Morgan fingerprint density at radius 1 is 0.967 bits per heavy atom. The van der Waals surface area contributed by atoms with Crippen LogP contribution < -0.4 is 5.32 Å². The highest BCUT2D eigenvalue weighted by Crippen LogP contribution is 2.21. The van der Waals surface area contributed by atoms with Gasteiger partial charge in [-0.1, -0.05) is 12.1 Å². The summed E-state index contributed by atoms with van der Waals surface area (Å²) in [5.74, 6) is -0.0768. The van der Waals surface area contributed by atoms with E-state index in [-0.39, 0.29) is 23.8 Å². The lowest BCUT2D eigenvalue weighted by atomic mass is 9.97. The lowest BCUT2D eigenvalue weighted by Crippen LogP contribution is -2.49. The highest BCUT2D eigenvalue weighted by molar-refractivity contribution is 5.93. The molecule has 0 radical (unpaired) electrons. The Morgan fingerprint density at radius 2 is 1.60 bits per heavy atom. The Balaban J connectivity index is 1.52. The van der Waals surface area contributed by atoms with Crippen LogP contribution >= 0.6 is 0 Å². The van der Waals surface area contributed by atoms with E-state index in [2.05, 4.69) is 5.32 Å². The Kier molecular flexibility index (Phi) is 7.71. The second-order valence-electron chi connectivity index (χ2n) is 8.19. The van der Waals surface area contributed by atoms with E-state index in [1.165, 1.54) is 0 Å². The first-order chi connectivity index (χ1) is 14.5. The summed E-state index contributed by atoms with van der Waals surface area (Å²) in [6.07, 6.45) is 4.21. The van der Waals surface area contributed by atoms with Crippen LogP contribution in [0.5, 0.6) is 0 Å². The molecule has 2 aliphatic heterocycles. The standard InChI is InChI=1S/C23H34N4O3/c1-3-25(4-2)23(30)27-15-7-8-19(17-27)22(29)24-20-11-9-18(10-12-20)16-21(28)26-13-5-6-14-26/h9-12,19H,3-8,13-17H2,1-2H3,(H,24,29)/t19-/m1/s1. The zero-order chi connectivity index (χ0) is 21.5. The normalized spacial score (nSPS) is 18.9. The molecular weight excluding hydrogens is 380 g/mol. The number of nitrogens with zero attached hydrogens (tertiary/aromatic N) is 3. The maximum absolute atomic E-state index is 12.8. The predicted molar refractivity (Wildman–Crippen MR) is 117 cm³/mol. The van der Waals surface area contributed by atoms with Gasteiger partial charge in [0.2, 0.25) is 11.8 Å². The summed E-state index contributed by atoms with van der Waals surface area (Å²) >= 11 is 0. The Hall–Kier alpha value is -2.57. The van der Waals surface area contributed by atoms with E-state index in [9.17, 15) is 14.4 Å². The lowest BCUT2D eigenvalue weighted by molar-refractivity contribution is -0.129. The van der Waals surface area contributed by atoms with Gasteiger partial charge in [0.15, 0.2) is 0 Å². The fraction of sp³-hybridized carbons (Fsp3) is 0.609. The number of piperidine rings is 1. The van der Waals surface area contributed by atoms with Crippen LogP contribution in [0, 0.1) is 5.92 Å². The molecule has 1 atom stereocenters. The van der Waals surface area contributed by atoms with Crippen LogP contribution in [-0.4, -0.2) is 71.8 Å². The SMILES string of the molecule is CCN(CC)C(=O)N1CCC[C@@H](C(=O)Nc2ccc(CC(=O)N3CCCC3)cc2)C1. The molecule has 2 aliphatic rings. The molecule has 0 saturated carbocycles. The van der Waals surface area contributed by atoms with E-state index < -0.39 is 0 Å². The minimum atomic E-state index is -0.199. The number of rotatable bonds is 6. The summed E-state index contributed by atoms with van der Waals surface area (Å²) in [6.45, 7) is 8.19. The summed E-state index contributed by atoms with van der Waals surface area (Å²) in [5.41, 5.74) is 1.68. The molecule has 1 aromatic rings. The van der Waals surface area contributed by atoms with E-state index in [1.807, 2.05) is 43.0 Å². The highest BCUT2D eigenvalue weighted by Gasteiger charge is 2.30. The van der Waals surface area contributed by atoms with Crippen molar-refractivity contribution in [3.8, 4) is 0 Å². The van der Waals surface area contributed by atoms with Crippen molar-refractivity contribution < 1.29 is 14.4 Å². The number of carbonyl (C=O) groups is 3. The molecule has 1 aromatic carbocycles. The molecule has 0 aromatic heterocycles. The van der Waals surface area contributed by atoms with Crippen LogP contribution in [0.3, 0.4) is 0 Å². The summed E-state index contributed by atoms with van der Waals surface area (Å²) in [6, 6.07) is 7.53. The molecule has 4 amide bonds. The third-order valence-electron chi connectivity index (χ3n) is 6.13.